The number of halogens is 1. The van der Waals surface area contributed by atoms with Crippen LogP contribution in [0.15, 0.2) is 54.6 Å². The first-order valence-corrected chi connectivity index (χ1v) is 13.6. The van der Waals surface area contributed by atoms with Crippen LogP contribution in [-0.2, 0) is 32.1 Å². The van der Waals surface area contributed by atoms with Crippen molar-refractivity contribution in [1.82, 2.24) is 20.9 Å². The summed E-state index contributed by atoms with van der Waals surface area (Å²) in [7, 11) is 0. The third kappa shape index (κ3) is 9.66. The van der Waals surface area contributed by atoms with Gasteiger partial charge >= 0.3 is 6.09 Å². The number of nitrogens with zero attached hydrogens (tertiary/aromatic N) is 1. The van der Waals surface area contributed by atoms with Crippen molar-refractivity contribution >= 4 is 23.8 Å². The van der Waals surface area contributed by atoms with E-state index in [1.54, 1.807) is 44.7 Å². The number of nitrogens with one attached hydrogen (secondary N) is 3. The highest BCUT2D eigenvalue weighted by Crippen LogP contribution is 2.19. The van der Waals surface area contributed by atoms with Crippen LogP contribution in [0, 0.1) is 11.7 Å². The lowest BCUT2D eigenvalue weighted by Gasteiger charge is -2.34. The first kappa shape index (κ1) is 30.6. The Labute approximate surface area is 234 Å². The third-order valence-corrected chi connectivity index (χ3v) is 6.58. The van der Waals surface area contributed by atoms with Gasteiger partial charge in [0, 0.05) is 32.0 Å². The Balaban J connectivity index is 1.51. The zero-order valence-electron chi connectivity index (χ0n) is 23.5. The molecule has 9 nitrogen and oxygen atoms in total. The zero-order valence-corrected chi connectivity index (χ0v) is 23.5. The van der Waals surface area contributed by atoms with Crippen LogP contribution in [0.2, 0.25) is 0 Å². The molecular formula is C30H39FN4O5. The molecule has 1 heterocycles. The van der Waals surface area contributed by atoms with E-state index in [2.05, 4.69) is 16.0 Å². The standard InChI is InChI=1S/C30H39FN4O5/c1-20(26(36)32-19-22-10-12-24(31)13-11-22)33-27(37)23-14-16-35(17-15-23)28(38)25(18-21-8-6-5-7-9-21)34-29(39)40-30(2,3)4/h5-13,20,23,25H,14-19H2,1-4H3,(H,32,36)(H,33,37)(H,34,39)/t20-,25-/m0/s1. The molecule has 1 fully saturated rings. The number of hydrogen-bond acceptors (Lipinski definition) is 5. The Kier molecular flexibility index (Phi) is 10.6. The number of piperidine rings is 1. The minimum atomic E-state index is -0.813. The summed E-state index contributed by atoms with van der Waals surface area (Å²) in [4.78, 5) is 52.9. The first-order chi connectivity index (χ1) is 18.9. The number of carbonyl (C=O) groups excluding carboxylic acids is 4. The van der Waals surface area contributed by atoms with E-state index in [1.165, 1.54) is 12.1 Å². The van der Waals surface area contributed by atoms with Crippen LogP contribution in [0.3, 0.4) is 0 Å². The van der Waals surface area contributed by atoms with E-state index in [-0.39, 0.29) is 36.0 Å². The number of likely N-dealkylation sites (tertiary alicyclic amines) is 1. The Hall–Kier alpha value is -3.95. The fourth-order valence-electron chi connectivity index (χ4n) is 4.42. The third-order valence-electron chi connectivity index (χ3n) is 6.58. The van der Waals surface area contributed by atoms with Gasteiger partial charge in [0.25, 0.3) is 0 Å². The van der Waals surface area contributed by atoms with Crippen LogP contribution in [0.5, 0.6) is 0 Å². The van der Waals surface area contributed by atoms with Gasteiger partial charge in [-0.3, -0.25) is 14.4 Å². The van der Waals surface area contributed by atoms with Gasteiger partial charge in [0.2, 0.25) is 17.7 Å². The summed E-state index contributed by atoms with van der Waals surface area (Å²) in [5.41, 5.74) is 0.945. The van der Waals surface area contributed by atoms with Gasteiger partial charge in [0.1, 0.15) is 23.5 Å². The maximum absolute atomic E-state index is 13.4. The molecule has 0 radical (unpaired) electrons. The predicted molar refractivity (Wildman–Crippen MR) is 148 cm³/mol. The molecule has 1 aliphatic heterocycles. The van der Waals surface area contributed by atoms with Crippen molar-refractivity contribution in [2.75, 3.05) is 13.1 Å². The molecule has 4 amide bonds. The second-order valence-corrected chi connectivity index (χ2v) is 11.1. The Morgan fingerprint density at radius 3 is 2.17 bits per heavy atom. The number of benzene rings is 2. The largest absolute Gasteiger partial charge is 0.444 e. The van der Waals surface area contributed by atoms with Crippen molar-refractivity contribution in [1.29, 1.82) is 0 Å². The van der Waals surface area contributed by atoms with Gasteiger partial charge in [-0.25, -0.2) is 9.18 Å². The van der Waals surface area contributed by atoms with Crippen LogP contribution in [-0.4, -0.2) is 59.5 Å². The summed E-state index contributed by atoms with van der Waals surface area (Å²) < 4.78 is 18.4. The SMILES string of the molecule is C[C@H](NC(=O)C1CCN(C(=O)[C@H](Cc2ccccc2)NC(=O)OC(C)(C)C)CC1)C(=O)NCc1ccc(F)cc1. The van der Waals surface area contributed by atoms with Gasteiger partial charge in [-0.1, -0.05) is 42.5 Å². The average Bonchev–Trinajstić information content (AvgIpc) is 2.91. The van der Waals surface area contributed by atoms with Gasteiger partial charge in [-0.05, 0) is 63.8 Å². The topological polar surface area (TPSA) is 117 Å². The summed E-state index contributed by atoms with van der Waals surface area (Å²) in [5, 5.41) is 8.21. The smallest absolute Gasteiger partial charge is 0.408 e. The highest BCUT2D eigenvalue weighted by Gasteiger charge is 2.33. The van der Waals surface area contributed by atoms with Crippen LogP contribution in [0.4, 0.5) is 9.18 Å². The molecule has 0 unspecified atom stereocenters. The maximum atomic E-state index is 13.4. The van der Waals surface area contributed by atoms with E-state index in [1.807, 2.05) is 30.3 Å². The number of amides is 4. The molecule has 0 saturated carbocycles. The second kappa shape index (κ2) is 13.9. The molecule has 0 aromatic heterocycles. The molecule has 0 bridgehead atoms. The summed E-state index contributed by atoms with van der Waals surface area (Å²) in [6, 6.07) is 13.7. The quantitative estimate of drug-likeness (QED) is 0.440. The van der Waals surface area contributed by atoms with E-state index >= 15 is 0 Å². The van der Waals surface area contributed by atoms with Gasteiger partial charge < -0.3 is 25.6 Å². The number of carbonyl (C=O) groups is 4. The molecule has 2 aromatic carbocycles. The van der Waals surface area contributed by atoms with Crippen LogP contribution in [0.25, 0.3) is 0 Å². The average molecular weight is 555 g/mol. The lowest BCUT2D eigenvalue weighted by Crippen LogP contribution is -2.54. The highest BCUT2D eigenvalue weighted by atomic mass is 19.1. The summed E-state index contributed by atoms with van der Waals surface area (Å²) in [6.45, 7) is 7.80. The second-order valence-electron chi connectivity index (χ2n) is 11.1. The van der Waals surface area contributed by atoms with Gasteiger partial charge in [-0.2, -0.15) is 0 Å². The van der Waals surface area contributed by atoms with Crippen molar-refractivity contribution < 1.29 is 28.3 Å². The number of hydrogen-bond donors (Lipinski definition) is 3. The van der Waals surface area contributed by atoms with Crippen molar-refractivity contribution in [2.24, 2.45) is 5.92 Å². The fraction of sp³-hybridized carbons (Fsp3) is 0.467. The van der Waals surface area contributed by atoms with Crippen molar-refractivity contribution in [2.45, 2.75) is 71.2 Å². The molecular weight excluding hydrogens is 515 g/mol. The van der Waals surface area contributed by atoms with Crippen LogP contribution < -0.4 is 16.0 Å². The highest BCUT2D eigenvalue weighted by molar-refractivity contribution is 5.89. The maximum Gasteiger partial charge on any atom is 0.408 e. The molecule has 2 atom stereocenters. The summed E-state index contributed by atoms with van der Waals surface area (Å²) in [5.74, 6) is -1.52. The van der Waals surface area contributed by atoms with E-state index in [0.29, 0.717) is 32.4 Å². The number of alkyl carbamates (subject to hydrolysis) is 1. The van der Waals surface area contributed by atoms with Crippen LogP contribution in [0.1, 0.15) is 51.7 Å². The Bertz CT molecular complexity index is 1160. The minimum absolute atomic E-state index is 0.224. The summed E-state index contributed by atoms with van der Waals surface area (Å²) in [6.07, 6.45) is 0.518. The van der Waals surface area contributed by atoms with E-state index in [4.69, 9.17) is 4.74 Å². The predicted octanol–water partition coefficient (Wildman–Crippen LogP) is 3.32. The first-order valence-electron chi connectivity index (χ1n) is 13.6. The molecule has 3 rings (SSSR count). The fourth-order valence-corrected chi connectivity index (χ4v) is 4.42. The van der Waals surface area contributed by atoms with Crippen molar-refractivity contribution in [3.8, 4) is 0 Å². The minimum Gasteiger partial charge on any atom is -0.444 e. The van der Waals surface area contributed by atoms with Gasteiger partial charge in [-0.15, -0.1) is 0 Å². The zero-order chi connectivity index (χ0) is 29.3. The lowest BCUT2D eigenvalue weighted by molar-refractivity contribution is -0.138. The molecule has 2 aromatic rings. The Morgan fingerprint density at radius 1 is 0.950 bits per heavy atom. The molecule has 0 spiro atoms. The van der Waals surface area contributed by atoms with Gasteiger partial charge in [0.15, 0.2) is 0 Å². The normalized spacial score (nSPS) is 15.5. The van der Waals surface area contributed by atoms with E-state index < -0.39 is 23.8 Å². The molecule has 1 aliphatic rings. The van der Waals surface area contributed by atoms with E-state index in [0.717, 1.165) is 11.1 Å². The molecule has 216 valence electrons. The molecule has 0 aliphatic carbocycles. The molecule has 1 saturated heterocycles. The lowest BCUT2D eigenvalue weighted by atomic mass is 9.94. The van der Waals surface area contributed by atoms with E-state index in [9.17, 15) is 23.6 Å². The molecule has 3 N–H and O–H groups in total. The molecule has 10 heteroatoms. The van der Waals surface area contributed by atoms with Crippen molar-refractivity contribution in [3.05, 3.63) is 71.5 Å². The Morgan fingerprint density at radius 2 is 1.57 bits per heavy atom. The van der Waals surface area contributed by atoms with Crippen LogP contribution >= 0.6 is 0 Å². The number of rotatable bonds is 9. The molecule has 40 heavy (non-hydrogen) atoms. The van der Waals surface area contributed by atoms with Crippen molar-refractivity contribution in [3.63, 3.8) is 0 Å². The van der Waals surface area contributed by atoms with Gasteiger partial charge in [0.05, 0.1) is 0 Å². The number of ether oxygens (including phenoxy) is 1. The monoisotopic (exact) mass is 554 g/mol. The summed E-state index contributed by atoms with van der Waals surface area (Å²) >= 11 is 0.